The van der Waals surface area contributed by atoms with Crippen molar-refractivity contribution in [1.29, 1.82) is 0 Å². The molecule has 0 aromatic carbocycles. The molecule has 0 radical (unpaired) electrons. The molecule has 1 saturated heterocycles. The van der Waals surface area contributed by atoms with Crippen molar-refractivity contribution >= 4 is 0 Å². The molecule has 0 aromatic heterocycles. The van der Waals surface area contributed by atoms with Crippen molar-refractivity contribution in [2.75, 3.05) is 6.61 Å². The Kier molecular flexibility index (Phi) is 6.17. The van der Waals surface area contributed by atoms with Crippen LogP contribution in [0, 0.1) is 35.5 Å². The number of rotatable bonds is 5. The monoisotopic (exact) mass is 352 g/mol. The van der Waals surface area contributed by atoms with Crippen LogP contribution in [0.25, 0.3) is 0 Å². The van der Waals surface area contributed by atoms with Crippen molar-refractivity contribution in [2.24, 2.45) is 35.5 Å². The van der Waals surface area contributed by atoms with Crippen LogP contribution in [0.5, 0.6) is 0 Å². The topological polar surface area (TPSA) is 49.7 Å². The Morgan fingerprint density at radius 1 is 1.12 bits per heavy atom. The summed E-state index contributed by atoms with van der Waals surface area (Å²) >= 11 is 0. The lowest BCUT2D eigenvalue weighted by Crippen LogP contribution is -2.62. The van der Waals surface area contributed by atoms with Gasteiger partial charge in [0.2, 0.25) is 0 Å². The number of fused-ring (bicyclic) bond motifs is 3. The van der Waals surface area contributed by atoms with Gasteiger partial charge in [-0.3, -0.25) is 0 Å². The third-order valence-electron chi connectivity index (χ3n) is 7.80. The Labute approximate surface area is 154 Å². The van der Waals surface area contributed by atoms with Gasteiger partial charge in [-0.05, 0) is 63.2 Å². The van der Waals surface area contributed by atoms with Gasteiger partial charge < -0.3 is 14.9 Å². The minimum Gasteiger partial charge on any atom is -0.396 e. The van der Waals surface area contributed by atoms with E-state index in [1.54, 1.807) is 0 Å². The average molecular weight is 353 g/mol. The van der Waals surface area contributed by atoms with E-state index >= 15 is 0 Å². The molecule has 0 amide bonds. The van der Waals surface area contributed by atoms with Crippen LogP contribution in [0.2, 0.25) is 0 Å². The highest BCUT2D eigenvalue weighted by Crippen LogP contribution is 2.55. The van der Waals surface area contributed by atoms with Crippen LogP contribution < -0.4 is 0 Å². The highest BCUT2D eigenvalue weighted by atomic mass is 16.5. The second-order valence-electron chi connectivity index (χ2n) is 9.85. The van der Waals surface area contributed by atoms with Gasteiger partial charge in [0, 0.05) is 18.4 Å². The smallest absolute Gasteiger partial charge is 0.0661 e. The summed E-state index contributed by atoms with van der Waals surface area (Å²) in [5, 5.41) is 21.3. The molecular weight excluding hydrogens is 312 g/mol. The largest absolute Gasteiger partial charge is 0.396 e. The lowest BCUT2D eigenvalue weighted by atomic mass is 9.55. The van der Waals surface area contributed by atoms with Crippen molar-refractivity contribution < 1.29 is 14.9 Å². The summed E-state index contributed by atoms with van der Waals surface area (Å²) in [5.41, 5.74) is -0.0777. The molecule has 1 aliphatic heterocycles. The summed E-state index contributed by atoms with van der Waals surface area (Å²) in [6.07, 6.45) is 9.30. The molecule has 0 aromatic rings. The molecule has 3 rings (SSSR count). The van der Waals surface area contributed by atoms with Crippen LogP contribution in [0.4, 0.5) is 0 Å². The van der Waals surface area contributed by atoms with E-state index in [9.17, 15) is 10.2 Å². The zero-order chi connectivity index (χ0) is 18.2. The fourth-order valence-electron chi connectivity index (χ4n) is 6.51. The number of aliphatic hydroxyl groups excluding tert-OH is 2. The van der Waals surface area contributed by atoms with E-state index in [1.807, 2.05) is 0 Å². The average Bonchev–Trinajstić information content (AvgIpc) is 2.54. The van der Waals surface area contributed by atoms with E-state index in [0.717, 1.165) is 18.8 Å². The molecule has 1 heterocycles. The number of aliphatic hydroxyl groups is 2. The predicted octanol–water partition coefficient (Wildman–Crippen LogP) is 4.40. The van der Waals surface area contributed by atoms with Gasteiger partial charge in [0.25, 0.3) is 0 Å². The van der Waals surface area contributed by atoms with E-state index < -0.39 is 6.10 Å². The molecule has 2 saturated carbocycles. The van der Waals surface area contributed by atoms with E-state index in [0.29, 0.717) is 17.8 Å². The second kappa shape index (κ2) is 7.86. The highest BCUT2D eigenvalue weighted by molar-refractivity contribution is 5.05. The normalized spacial score (nSPS) is 46.3. The van der Waals surface area contributed by atoms with Gasteiger partial charge in [-0.25, -0.2) is 0 Å². The van der Waals surface area contributed by atoms with E-state index in [-0.39, 0.29) is 30.1 Å². The van der Waals surface area contributed by atoms with Crippen LogP contribution in [-0.2, 0) is 4.74 Å². The van der Waals surface area contributed by atoms with Gasteiger partial charge in [0.1, 0.15) is 0 Å². The summed E-state index contributed by atoms with van der Waals surface area (Å²) in [6.45, 7) is 9.25. The van der Waals surface area contributed by atoms with Crippen LogP contribution in [0.3, 0.4) is 0 Å². The van der Waals surface area contributed by atoms with Gasteiger partial charge in [0.15, 0.2) is 0 Å². The van der Waals surface area contributed by atoms with Crippen molar-refractivity contribution in [3.63, 3.8) is 0 Å². The molecule has 3 nitrogen and oxygen atoms in total. The maximum Gasteiger partial charge on any atom is 0.0661 e. The molecule has 2 aliphatic carbocycles. The minimum absolute atomic E-state index is 0.0424. The fourth-order valence-corrected chi connectivity index (χ4v) is 6.51. The van der Waals surface area contributed by atoms with E-state index in [1.165, 1.54) is 38.5 Å². The number of ether oxygens (including phenoxy) is 1. The van der Waals surface area contributed by atoms with Crippen LogP contribution >= 0.6 is 0 Å². The lowest BCUT2D eigenvalue weighted by molar-refractivity contribution is -0.254. The lowest BCUT2D eigenvalue weighted by Gasteiger charge is -2.59. The standard InChI is InChI=1S/C22H40O3/c1-5-6-7-8-15-12-19-20(21(24)17(15)13-23)16-11-14(2)9-10-18(16)22(3,4)25-19/h14-21,23-24H,5-13H2,1-4H3/t14?,15?,16-,17?,18-,19?,20?,21?/m1/s1. The third kappa shape index (κ3) is 3.80. The first kappa shape index (κ1) is 19.6. The molecule has 146 valence electrons. The third-order valence-corrected chi connectivity index (χ3v) is 7.80. The molecule has 0 bridgehead atoms. The van der Waals surface area contributed by atoms with E-state index in [2.05, 4.69) is 27.7 Å². The van der Waals surface area contributed by atoms with Gasteiger partial charge in [-0.2, -0.15) is 0 Å². The van der Waals surface area contributed by atoms with Crippen molar-refractivity contribution in [2.45, 2.75) is 96.9 Å². The maximum atomic E-state index is 11.2. The van der Waals surface area contributed by atoms with Crippen molar-refractivity contribution in [3.05, 3.63) is 0 Å². The van der Waals surface area contributed by atoms with Crippen LogP contribution in [-0.4, -0.2) is 34.6 Å². The summed E-state index contributed by atoms with van der Waals surface area (Å²) in [7, 11) is 0. The molecule has 3 aliphatic rings. The Morgan fingerprint density at radius 3 is 2.56 bits per heavy atom. The van der Waals surface area contributed by atoms with E-state index in [4.69, 9.17) is 4.74 Å². The quantitative estimate of drug-likeness (QED) is 0.721. The summed E-state index contributed by atoms with van der Waals surface area (Å²) < 4.78 is 6.64. The SMILES string of the molecule is CCCCCC1CC2OC(C)(C)[C@@H]3CCC(C)C[C@H]3C2C(O)C1CO. The Bertz CT molecular complexity index is 435. The Balaban J connectivity index is 1.81. The zero-order valence-corrected chi connectivity index (χ0v) is 16.8. The molecule has 3 heteroatoms. The first-order chi connectivity index (χ1) is 11.9. The first-order valence-electron chi connectivity index (χ1n) is 10.9. The number of unbranched alkanes of at least 4 members (excludes halogenated alkanes) is 2. The molecule has 25 heavy (non-hydrogen) atoms. The van der Waals surface area contributed by atoms with Crippen LogP contribution in [0.1, 0.15) is 79.1 Å². The molecule has 3 fully saturated rings. The summed E-state index contributed by atoms with van der Waals surface area (Å²) in [5.74, 6) is 2.52. The molecule has 2 N–H and O–H groups in total. The van der Waals surface area contributed by atoms with Gasteiger partial charge in [-0.1, -0.05) is 39.5 Å². The van der Waals surface area contributed by atoms with Crippen LogP contribution in [0.15, 0.2) is 0 Å². The molecule has 6 unspecified atom stereocenters. The van der Waals surface area contributed by atoms with Crippen molar-refractivity contribution in [1.82, 2.24) is 0 Å². The van der Waals surface area contributed by atoms with Gasteiger partial charge in [-0.15, -0.1) is 0 Å². The Hall–Kier alpha value is -0.120. The minimum atomic E-state index is -0.399. The number of hydrogen-bond acceptors (Lipinski definition) is 3. The first-order valence-corrected chi connectivity index (χ1v) is 10.9. The second-order valence-corrected chi connectivity index (χ2v) is 9.85. The number of hydrogen-bond donors (Lipinski definition) is 2. The highest BCUT2D eigenvalue weighted by Gasteiger charge is 2.56. The Morgan fingerprint density at radius 2 is 1.88 bits per heavy atom. The van der Waals surface area contributed by atoms with Gasteiger partial charge in [0.05, 0.1) is 17.8 Å². The molecule has 0 spiro atoms. The fraction of sp³-hybridized carbons (Fsp3) is 1.00. The zero-order valence-electron chi connectivity index (χ0n) is 16.8. The molecule has 8 atom stereocenters. The van der Waals surface area contributed by atoms with Gasteiger partial charge >= 0.3 is 0 Å². The molecular formula is C22H40O3. The summed E-state index contributed by atoms with van der Waals surface area (Å²) in [6, 6.07) is 0. The maximum absolute atomic E-state index is 11.2. The van der Waals surface area contributed by atoms with Crippen molar-refractivity contribution in [3.8, 4) is 0 Å². The summed E-state index contributed by atoms with van der Waals surface area (Å²) in [4.78, 5) is 0. The predicted molar refractivity (Wildman–Crippen MR) is 101 cm³/mol.